The topological polar surface area (TPSA) is 6.48 Å². The number of anilines is 6. The maximum Gasteiger partial charge on any atom is 0.0620 e. The predicted molar refractivity (Wildman–Crippen MR) is 293 cm³/mol. The molecule has 0 unspecified atom stereocenters. The highest BCUT2D eigenvalue weighted by Crippen LogP contribution is 2.53. The molecule has 2 heteroatoms. The number of hydrogen-bond donors (Lipinski definition) is 0. The third kappa shape index (κ3) is 9.70. The number of benzene rings is 7. The van der Waals surface area contributed by atoms with Crippen LogP contribution in [-0.4, -0.2) is 0 Å². The zero-order chi connectivity index (χ0) is 47.3. The largest absolute Gasteiger partial charge is 0.309 e. The second-order valence-electron chi connectivity index (χ2n) is 23.8. The molecule has 0 saturated heterocycles. The predicted octanol–water partition coefficient (Wildman–Crippen LogP) is 20.0. The van der Waals surface area contributed by atoms with Gasteiger partial charge >= 0.3 is 0 Å². The fourth-order valence-corrected chi connectivity index (χ4v) is 11.2. The van der Waals surface area contributed by atoms with Gasteiger partial charge in [0.1, 0.15) is 0 Å². The number of hydrogen-bond acceptors (Lipinski definition) is 2. The average molecular weight is 887 g/mol. The van der Waals surface area contributed by atoms with Crippen molar-refractivity contribution < 1.29 is 0 Å². The molecule has 2 aliphatic rings. The Bertz CT molecular complexity index is 2740. The molecular weight excluding hydrogens is 809 g/mol. The molecule has 0 amide bonds. The molecule has 2 aliphatic carbocycles. The highest BCUT2D eigenvalue weighted by molar-refractivity contribution is 6.23. The van der Waals surface area contributed by atoms with E-state index in [0.717, 1.165) is 0 Å². The molecule has 0 aliphatic heterocycles. The van der Waals surface area contributed by atoms with Gasteiger partial charge in [0.2, 0.25) is 0 Å². The van der Waals surface area contributed by atoms with Crippen molar-refractivity contribution >= 4 is 55.7 Å². The Balaban J connectivity index is 1.42. The quantitative estimate of drug-likeness (QED) is 0.105. The number of rotatable bonds is 9. The molecule has 2 fully saturated rings. The summed E-state index contributed by atoms with van der Waals surface area (Å²) in [5.41, 5.74) is 15.8. The molecule has 348 valence electrons. The summed E-state index contributed by atoms with van der Waals surface area (Å²) in [6.45, 7) is 25.5. The minimum Gasteiger partial charge on any atom is -0.309 e. The fraction of sp³-hybridized carbons (Fsp3) is 0.415. The van der Waals surface area contributed by atoms with E-state index in [1.165, 1.54) is 153 Å². The summed E-state index contributed by atoms with van der Waals surface area (Å²) in [5, 5.41) is 5.20. The van der Waals surface area contributed by atoms with Crippen LogP contribution in [0.1, 0.15) is 192 Å². The van der Waals surface area contributed by atoms with Crippen molar-refractivity contribution in [2.24, 2.45) is 0 Å². The van der Waals surface area contributed by atoms with E-state index < -0.39 is 0 Å². The fourth-order valence-electron chi connectivity index (χ4n) is 11.2. The molecule has 0 N–H and O–H groups in total. The van der Waals surface area contributed by atoms with E-state index in [-0.39, 0.29) is 16.2 Å². The van der Waals surface area contributed by atoms with Crippen LogP contribution < -0.4 is 9.80 Å². The van der Waals surface area contributed by atoms with Gasteiger partial charge in [0.05, 0.1) is 11.4 Å². The van der Waals surface area contributed by atoms with E-state index in [2.05, 4.69) is 219 Å². The highest BCUT2D eigenvalue weighted by atomic mass is 15.2. The zero-order valence-electron chi connectivity index (χ0n) is 42.9. The smallest absolute Gasteiger partial charge is 0.0620 e. The van der Waals surface area contributed by atoms with Gasteiger partial charge in [-0.2, -0.15) is 0 Å². The van der Waals surface area contributed by atoms with Crippen LogP contribution in [0.3, 0.4) is 0 Å². The van der Waals surface area contributed by atoms with Crippen LogP contribution in [0.15, 0.2) is 133 Å². The van der Waals surface area contributed by atoms with Crippen molar-refractivity contribution in [1.82, 2.24) is 0 Å². The first kappa shape index (κ1) is 46.8. The van der Waals surface area contributed by atoms with Crippen LogP contribution in [0.25, 0.3) is 21.5 Å². The first-order valence-electron chi connectivity index (χ1n) is 26.0. The minimum atomic E-state index is 0.0467. The molecule has 0 spiro atoms. The van der Waals surface area contributed by atoms with Crippen LogP contribution in [0.5, 0.6) is 0 Å². The van der Waals surface area contributed by atoms with E-state index in [0.29, 0.717) is 17.8 Å². The summed E-state index contributed by atoms with van der Waals surface area (Å²) < 4.78 is 0. The molecule has 0 bridgehead atoms. The van der Waals surface area contributed by atoms with Crippen LogP contribution in [0, 0.1) is 0 Å². The van der Waals surface area contributed by atoms with Crippen molar-refractivity contribution in [2.45, 2.75) is 174 Å². The van der Waals surface area contributed by atoms with Crippen molar-refractivity contribution in [2.75, 3.05) is 9.80 Å². The molecule has 0 atom stereocenters. The van der Waals surface area contributed by atoms with Gasteiger partial charge in [0.25, 0.3) is 0 Å². The van der Waals surface area contributed by atoms with E-state index in [1.54, 1.807) is 0 Å². The molecule has 7 aromatic carbocycles. The standard InChI is InChI=1S/C65H78N2/c1-44(2)45-22-32-53(33-23-45)66(54-34-26-50(27-35-54)63(3,4)5)61-57-40-24-49(47-20-16-13-17-21-47)43-60(57)62(58-41-25-48(42-59(58)61)46-18-14-12-15-19-46)67(55-36-28-51(29-37-55)64(6,7)8)56-38-30-52(31-39-56)65(9,10)11/h22-44,46-47H,12-21H2,1-11H3. The molecule has 7 aromatic rings. The van der Waals surface area contributed by atoms with E-state index in [1.807, 2.05) is 0 Å². The molecule has 9 rings (SSSR count). The lowest BCUT2D eigenvalue weighted by molar-refractivity contribution is 0.444. The Morgan fingerprint density at radius 3 is 0.940 bits per heavy atom. The summed E-state index contributed by atoms with van der Waals surface area (Å²) in [4.78, 5) is 5.22. The molecular formula is C65H78N2. The summed E-state index contributed by atoms with van der Waals surface area (Å²) in [6.07, 6.45) is 12.9. The molecule has 0 heterocycles. The Morgan fingerprint density at radius 1 is 0.358 bits per heavy atom. The Hall–Kier alpha value is -5.34. The van der Waals surface area contributed by atoms with Crippen LogP contribution in [-0.2, 0) is 16.2 Å². The molecule has 0 radical (unpaired) electrons. The molecule has 2 saturated carbocycles. The molecule has 0 aromatic heterocycles. The second kappa shape index (κ2) is 18.6. The van der Waals surface area contributed by atoms with Gasteiger partial charge in [-0.15, -0.1) is 0 Å². The zero-order valence-corrected chi connectivity index (χ0v) is 42.9. The maximum atomic E-state index is 2.63. The van der Waals surface area contributed by atoms with E-state index in [4.69, 9.17) is 0 Å². The summed E-state index contributed by atoms with van der Waals surface area (Å²) >= 11 is 0. The summed E-state index contributed by atoms with van der Waals surface area (Å²) in [7, 11) is 0. The van der Waals surface area contributed by atoms with Crippen molar-refractivity contribution in [1.29, 1.82) is 0 Å². The Morgan fingerprint density at radius 2 is 0.657 bits per heavy atom. The van der Waals surface area contributed by atoms with Crippen molar-refractivity contribution in [3.63, 3.8) is 0 Å². The van der Waals surface area contributed by atoms with Crippen LogP contribution in [0.4, 0.5) is 34.1 Å². The Kier molecular flexibility index (Phi) is 13.0. The monoisotopic (exact) mass is 887 g/mol. The Labute approximate surface area is 404 Å². The van der Waals surface area contributed by atoms with Gasteiger partial charge in [0.15, 0.2) is 0 Å². The third-order valence-corrected chi connectivity index (χ3v) is 15.5. The lowest BCUT2D eigenvalue weighted by atomic mass is 9.81. The van der Waals surface area contributed by atoms with Crippen LogP contribution in [0.2, 0.25) is 0 Å². The van der Waals surface area contributed by atoms with Crippen LogP contribution >= 0.6 is 0 Å². The lowest BCUT2D eigenvalue weighted by Gasteiger charge is -2.34. The van der Waals surface area contributed by atoms with Gasteiger partial charge in [0, 0.05) is 44.3 Å². The van der Waals surface area contributed by atoms with Crippen molar-refractivity contribution in [3.05, 3.63) is 167 Å². The first-order chi connectivity index (χ1) is 32.0. The van der Waals surface area contributed by atoms with Gasteiger partial charge in [-0.25, -0.2) is 0 Å². The van der Waals surface area contributed by atoms with Gasteiger partial charge in [-0.3, -0.25) is 0 Å². The van der Waals surface area contributed by atoms with Crippen molar-refractivity contribution in [3.8, 4) is 0 Å². The number of nitrogens with zero attached hydrogens (tertiary/aromatic N) is 2. The van der Waals surface area contributed by atoms with Gasteiger partial charge in [-0.1, -0.05) is 187 Å². The average Bonchev–Trinajstić information content (AvgIpc) is 3.32. The summed E-state index contributed by atoms with van der Waals surface area (Å²) in [6, 6.07) is 53.2. The lowest BCUT2D eigenvalue weighted by Crippen LogP contribution is -2.17. The van der Waals surface area contributed by atoms with E-state index >= 15 is 0 Å². The maximum absolute atomic E-state index is 2.63. The normalized spacial score (nSPS) is 15.7. The SMILES string of the molecule is CC(C)c1ccc(N(c2ccc(C(C)(C)C)cc2)c2c3ccc(C4CCCCC4)cc3c(N(c3ccc(C(C)(C)C)cc3)c3ccc(C(C)(C)C)cc3)c3ccc(C4CCCCC4)cc23)cc1. The highest BCUT2D eigenvalue weighted by Gasteiger charge is 2.29. The first-order valence-corrected chi connectivity index (χ1v) is 26.0. The van der Waals surface area contributed by atoms with Gasteiger partial charge < -0.3 is 9.80 Å². The minimum absolute atomic E-state index is 0.0467. The molecule has 67 heavy (non-hydrogen) atoms. The van der Waals surface area contributed by atoms with Gasteiger partial charge in [-0.05, 0) is 154 Å². The molecule has 2 nitrogen and oxygen atoms in total. The number of fused-ring (bicyclic) bond motifs is 2. The summed E-state index contributed by atoms with van der Waals surface area (Å²) in [5.74, 6) is 1.58. The third-order valence-electron chi connectivity index (χ3n) is 15.5. The second-order valence-corrected chi connectivity index (χ2v) is 23.8. The van der Waals surface area contributed by atoms with E-state index in [9.17, 15) is 0 Å².